The molecule has 0 spiro atoms. The molecule has 7 nitrogen and oxygen atoms in total. The number of carbonyl (C=O) groups excluding carboxylic acids is 2. The Kier molecular flexibility index (Phi) is 6.71. The molecule has 0 fully saturated rings. The molecule has 0 aliphatic carbocycles. The van der Waals surface area contributed by atoms with Crippen molar-refractivity contribution in [3.63, 3.8) is 0 Å². The fourth-order valence-electron chi connectivity index (χ4n) is 3.16. The monoisotopic (exact) mass is 456 g/mol. The molecule has 0 heterocycles. The number of hydrogen-bond acceptors (Lipinski definition) is 5. The molecular formula is C23H21FN2O5S. The fourth-order valence-corrected chi connectivity index (χ4v) is 3.70. The molecule has 3 rings (SSSR count). The summed E-state index contributed by atoms with van der Waals surface area (Å²) in [7, 11) is -4.18. The van der Waals surface area contributed by atoms with Crippen LogP contribution in [0.2, 0.25) is 0 Å². The van der Waals surface area contributed by atoms with Gasteiger partial charge in [-0.25, -0.2) is 22.7 Å². The zero-order chi connectivity index (χ0) is 23.5. The van der Waals surface area contributed by atoms with Crippen molar-refractivity contribution in [1.29, 1.82) is 0 Å². The van der Waals surface area contributed by atoms with Crippen molar-refractivity contribution in [3.8, 4) is 0 Å². The van der Waals surface area contributed by atoms with Crippen LogP contribution in [0.25, 0.3) is 0 Å². The minimum atomic E-state index is -4.18. The number of esters is 1. The number of aryl methyl sites for hydroxylation is 2. The highest BCUT2D eigenvalue weighted by Gasteiger charge is 2.28. The van der Waals surface area contributed by atoms with Crippen LogP contribution < -0.4 is 10.5 Å². The maximum absolute atomic E-state index is 14.3. The molecule has 166 valence electrons. The molecule has 1 atom stereocenters. The highest BCUT2D eigenvalue weighted by molar-refractivity contribution is 7.89. The molecule has 9 heteroatoms. The number of nitrogens with two attached hydrogens (primary N) is 1. The largest absolute Gasteiger partial charge is 0.444 e. The summed E-state index contributed by atoms with van der Waals surface area (Å²) in [5, 5.41) is 7.76. The predicted molar refractivity (Wildman–Crippen MR) is 117 cm³/mol. The summed E-state index contributed by atoms with van der Waals surface area (Å²) in [6, 6.07) is 16.1. The van der Waals surface area contributed by atoms with Crippen molar-refractivity contribution in [2.75, 3.05) is 5.32 Å². The summed E-state index contributed by atoms with van der Waals surface area (Å²) < 4.78 is 42.7. The molecule has 0 aliphatic heterocycles. The van der Waals surface area contributed by atoms with E-state index in [1.54, 1.807) is 42.5 Å². The van der Waals surface area contributed by atoms with Crippen LogP contribution in [-0.2, 0) is 19.6 Å². The van der Waals surface area contributed by atoms with Crippen LogP contribution in [0.1, 0.15) is 33.2 Å². The minimum absolute atomic E-state index is 0.353. The number of anilines is 1. The van der Waals surface area contributed by atoms with Gasteiger partial charge in [0.1, 0.15) is 5.82 Å². The molecule has 0 aliphatic rings. The van der Waals surface area contributed by atoms with E-state index in [1.807, 2.05) is 19.9 Å². The van der Waals surface area contributed by atoms with Crippen molar-refractivity contribution >= 4 is 27.6 Å². The number of primary sulfonamides is 1. The number of halogens is 1. The maximum Gasteiger partial charge on any atom is 0.342 e. The van der Waals surface area contributed by atoms with Gasteiger partial charge in [-0.3, -0.25) is 4.79 Å². The zero-order valence-electron chi connectivity index (χ0n) is 17.3. The van der Waals surface area contributed by atoms with E-state index in [4.69, 9.17) is 9.88 Å². The van der Waals surface area contributed by atoms with Crippen molar-refractivity contribution < 1.29 is 27.1 Å². The van der Waals surface area contributed by atoms with Gasteiger partial charge in [0.05, 0.1) is 10.5 Å². The van der Waals surface area contributed by atoms with E-state index in [9.17, 15) is 22.4 Å². The summed E-state index contributed by atoms with van der Waals surface area (Å²) in [5.41, 5.74) is 2.06. The van der Waals surface area contributed by atoms with Crippen molar-refractivity contribution in [1.82, 2.24) is 0 Å². The Balaban J connectivity index is 1.94. The second kappa shape index (κ2) is 9.29. The van der Waals surface area contributed by atoms with Crippen LogP contribution in [0.5, 0.6) is 0 Å². The number of benzene rings is 3. The first-order valence-electron chi connectivity index (χ1n) is 9.52. The average molecular weight is 456 g/mol. The number of amides is 1. The highest BCUT2D eigenvalue weighted by atomic mass is 32.2. The third-order valence-electron chi connectivity index (χ3n) is 4.54. The van der Waals surface area contributed by atoms with Crippen LogP contribution in [0.4, 0.5) is 10.1 Å². The first kappa shape index (κ1) is 23.1. The van der Waals surface area contributed by atoms with E-state index in [0.29, 0.717) is 11.3 Å². The summed E-state index contributed by atoms with van der Waals surface area (Å²) in [6.45, 7) is 3.75. The first-order chi connectivity index (χ1) is 15.0. The standard InChI is InChI=1S/C23H21FN2O5S/c1-14-10-15(2)12-17(11-14)26-22(27)21(16-6-4-3-5-7-16)31-23(28)19-13-18(32(25,29)30)8-9-20(19)24/h3-13,21H,1-2H3,(H,26,27)(H2,25,29,30). The molecular weight excluding hydrogens is 435 g/mol. The molecule has 3 N–H and O–H groups in total. The van der Waals surface area contributed by atoms with E-state index in [0.717, 1.165) is 29.3 Å². The predicted octanol–water partition coefficient (Wildman–Crippen LogP) is 3.63. The van der Waals surface area contributed by atoms with Gasteiger partial charge in [-0.1, -0.05) is 36.4 Å². The second-order valence-electron chi connectivity index (χ2n) is 7.25. The second-order valence-corrected chi connectivity index (χ2v) is 8.81. The number of carbonyl (C=O) groups is 2. The number of sulfonamides is 1. The Labute approximate surface area is 185 Å². The molecule has 3 aromatic carbocycles. The first-order valence-corrected chi connectivity index (χ1v) is 11.1. The highest BCUT2D eigenvalue weighted by Crippen LogP contribution is 2.24. The Bertz CT molecular complexity index is 1260. The van der Waals surface area contributed by atoms with Crippen LogP contribution in [0, 0.1) is 19.7 Å². The number of nitrogens with one attached hydrogen (secondary N) is 1. The maximum atomic E-state index is 14.3. The lowest BCUT2D eigenvalue weighted by Crippen LogP contribution is -2.26. The van der Waals surface area contributed by atoms with Crippen molar-refractivity contribution in [2.24, 2.45) is 5.14 Å². The normalized spacial score (nSPS) is 12.1. The van der Waals surface area contributed by atoms with Crippen LogP contribution >= 0.6 is 0 Å². The van der Waals surface area contributed by atoms with Crippen LogP contribution in [0.15, 0.2) is 71.6 Å². The lowest BCUT2D eigenvalue weighted by atomic mass is 10.1. The molecule has 1 unspecified atom stereocenters. The van der Waals surface area contributed by atoms with Gasteiger partial charge >= 0.3 is 5.97 Å². The Morgan fingerprint density at radius 3 is 2.19 bits per heavy atom. The van der Waals surface area contributed by atoms with E-state index in [2.05, 4.69) is 5.32 Å². The number of ether oxygens (including phenoxy) is 1. The molecule has 0 radical (unpaired) electrons. The Morgan fingerprint density at radius 2 is 1.59 bits per heavy atom. The Hall–Kier alpha value is -3.56. The zero-order valence-corrected chi connectivity index (χ0v) is 18.1. The molecule has 0 saturated carbocycles. The van der Waals surface area contributed by atoms with Gasteiger partial charge in [0.25, 0.3) is 5.91 Å². The van der Waals surface area contributed by atoms with Gasteiger partial charge in [0.15, 0.2) is 0 Å². The smallest absolute Gasteiger partial charge is 0.342 e. The summed E-state index contributed by atoms with van der Waals surface area (Å²) >= 11 is 0. The molecule has 0 aromatic heterocycles. The van der Waals surface area contributed by atoms with Gasteiger partial charge in [0.2, 0.25) is 16.1 Å². The van der Waals surface area contributed by atoms with E-state index >= 15 is 0 Å². The van der Waals surface area contributed by atoms with Gasteiger partial charge in [-0.05, 0) is 55.3 Å². The molecule has 32 heavy (non-hydrogen) atoms. The van der Waals surface area contributed by atoms with Gasteiger partial charge in [0, 0.05) is 11.3 Å². The van der Waals surface area contributed by atoms with Crippen molar-refractivity contribution in [2.45, 2.75) is 24.8 Å². The SMILES string of the molecule is Cc1cc(C)cc(NC(=O)C(OC(=O)c2cc(S(N)(=O)=O)ccc2F)c2ccccc2)c1. The fraction of sp³-hybridized carbons (Fsp3) is 0.130. The summed E-state index contributed by atoms with van der Waals surface area (Å²) in [4.78, 5) is 25.3. The van der Waals surface area contributed by atoms with Crippen LogP contribution in [0.3, 0.4) is 0 Å². The summed E-state index contributed by atoms with van der Waals surface area (Å²) in [6.07, 6.45) is -1.41. The Morgan fingerprint density at radius 1 is 0.969 bits per heavy atom. The van der Waals surface area contributed by atoms with Gasteiger partial charge in [-0.2, -0.15) is 0 Å². The summed E-state index contributed by atoms with van der Waals surface area (Å²) in [5.74, 6) is -2.88. The average Bonchev–Trinajstić information content (AvgIpc) is 2.71. The number of rotatable bonds is 6. The van der Waals surface area contributed by atoms with Crippen molar-refractivity contribution in [3.05, 3.63) is 94.8 Å². The molecule has 3 aromatic rings. The van der Waals surface area contributed by atoms with Crippen LogP contribution in [-0.4, -0.2) is 20.3 Å². The number of hydrogen-bond donors (Lipinski definition) is 2. The van der Waals surface area contributed by atoms with Gasteiger partial charge < -0.3 is 10.1 Å². The minimum Gasteiger partial charge on any atom is -0.444 e. The lowest BCUT2D eigenvalue weighted by molar-refractivity contribution is -0.125. The third-order valence-corrected chi connectivity index (χ3v) is 5.45. The van der Waals surface area contributed by atoms with E-state index < -0.39 is 44.3 Å². The molecule has 0 bridgehead atoms. The lowest BCUT2D eigenvalue weighted by Gasteiger charge is -2.19. The van der Waals surface area contributed by atoms with E-state index in [1.165, 1.54) is 0 Å². The van der Waals surface area contributed by atoms with Gasteiger partial charge in [-0.15, -0.1) is 0 Å². The third kappa shape index (κ3) is 5.57. The quantitative estimate of drug-likeness (QED) is 0.550. The molecule has 0 saturated heterocycles. The molecule has 1 amide bonds. The van der Waals surface area contributed by atoms with E-state index in [-0.39, 0.29) is 0 Å². The topological polar surface area (TPSA) is 116 Å².